The van der Waals surface area contributed by atoms with E-state index in [2.05, 4.69) is 4.98 Å². The minimum Gasteiger partial charge on any atom is -0.384 e. The molecule has 3 heteroatoms. The highest BCUT2D eigenvalue weighted by atomic mass is 16.3. The van der Waals surface area contributed by atoms with Crippen LogP contribution in [-0.4, -0.2) is 10.1 Å². The van der Waals surface area contributed by atoms with Gasteiger partial charge in [0.2, 0.25) is 0 Å². The van der Waals surface area contributed by atoms with E-state index in [0.29, 0.717) is 5.39 Å². The van der Waals surface area contributed by atoms with Gasteiger partial charge in [-0.25, -0.2) is 0 Å². The highest BCUT2D eigenvalue weighted by Crippen LogP contribution is 2.44. The Hall–Kier alpha value is -2.39. The molecule has 3 aromatic rings. The van der Waals surface area contributed by atoms with Crippen molar-refractivity contribution in [3.8, 4) is 11.3 Å². The molecule has 2 N–H and O–H groups in total. The number of hydrogen-bond donors (Lipinski definition) is 2. The first-order valence-electron chi connectivity index (χ1n) is 6.19. The lowest BCUT2D eigenvalue weighted by Gasteiger charge is -2.08. The summed E-state index contributed by atoms with van der Waals surface area (Å²) in [6.07, 6.45) is -0.673. The highest BCUT2D eigenvalue weighted by Gasteiger charge is 2.29. The van der Waals surface area contributed by atoms with Gasteiger partial charge in [-0.15, -0.1) is 0 Å². The Labute approximate surface area is 109 Å². The molecule has 2 aromatic carbocycles. The van der Waals surface area contributed by atoms with Crippen LogP contribution >= 0.6 is 0 Å². The molecule has 0 spiro atoms. The average molecular weight is 249 g/mol. The molecular formula is C16H11NO2. The van der Waals surface area contributed by atoms with Crippen LogP contribution in [-0.2, 0) is 0 Å². The topological polar surface area (TPSA) is 53.1 Å². The number of fused-ring (bicyclic) bond motifs is 5. The number of nitrogens with one attached hydrogen (secondary N) is 1. The molecule has 0 fully saturated rings. The van der Waals surface area contributed by atoms with E-state index in [0.717, 1.165) is 27.8 Å². The maximum Gasteiger partial charge on any atom is 0.256 e. The Morgan fingerprint density at radius 3 is 2.47 bits per heavy atom. The normalized spacial score (nSPS) is 16.4. The number of aromatic nitrogens is 1. The number of aromatic amines is 1. The molecule has 1 heterocycles. The molecular weight excluding hydrogens is 238 g/mol. The number of rotatable bonds is 0. The van der Waals surface area contributed by atoms with Gasteiger partial charge in [-0.2, -0.15) is 0 Å². The third-order valence-electron chi connectivity index (χ3n) is 3.77. The van der Waals surface area contributed by atoms with Crippen LogP contribution < -0.4 is 5.56 Å². The van der Waals surface area contributed by atoms with Crippen molar-refractivity contribution in [2.75, 3.05) is 0 Å². The van der Waals surface area contributed by atoms with Crippen molar-refractivity contribution in [2.24, 2.45) is 0 Å². The first-order chi connectivity index (χ1) is 9.27. The van der Waals surface area contributed by atoms with Gasteiger partial charge in [0.05, 0.1) is 5.69 Å². The van der Waals surface area contributed by atoms with E-state index in [-0.39, 0.29) is 5.56 Å². The van der Waals surface area contributed by atoms with E-state index in [1.807, 2.05) is 42.5 Å². The standard InChI is InChI=1S/C16H11NO2/c18-15-11-7-3-2-6-10(11)14-13(15)9-5-1-4-8-12(9)16(19)17-14/h1-8,15,18H,(H,17,19)/t15-/m1/s1. The van der Waals surface area contributed by atoms with Crippen LogP contribution in [0.25, 0.3) is 22.0 Å². The summed E-state index contributed by atoms with van der Waals surface area (Å²) < 4.78 is 0. The zero-order chi connectivity index (χ0) is 13.0. The van der Waals surface area contributed by atoms with Crippen molar-refractivity contribution in [3.05, 3.63) is 70.0 Å². The maximum absolute atomic E-state index is 12.1. The molecule has 0 aliphatic heterocycles. The highest BCUT2D eigenvalue weighted by molar-refractivity contribution is 5.93. The lowest BCUT2D eigenvalue weighted by Crippen LogP contribution is -2.09. The van der Waals surface area contributed by atoms with Crippen LogP contribution in [0.5, 0.6) is 0 Å². The van der Waals surface area contributed by atoms with E-state index in [1.54, 1.807) is 6.07 Å². The number of H-pyrrole nitrogens is 1. The number of aliphatic hydroxyl groups is 1. The SMILES string of the molecule is O=c1[nH]c2c(c3ccccc13)[C@H](O)c1ccccc1-2. The minimum absolute atomic E-state index is 0.113. The monoisotopic (exact) mass is 249 g/mol. The summed E-state index contributed by atoms with van der Waals surface area (Å²) in [6, 6.07) is 15.0. The van der Waals surface area contributed by atoms with Crippen LogP contribution in [0.15, 0.2) is 53.3 Å². The maximum atomic E-state index is 12.1. The first-order valence-corrected chi connectivity index (χ1v) is 6.19. The number of pyridine rings is 1. The molecule has 0 amide bonds. The number of benzene rings is 2. The van der Waals surface area contributed by atoms with Crippen LogP contribution in [0.3, 0.4) is 0 Å². The molecule has 1 aromatic heterocycles. The predicted octanol–water partition coefficient (Wildman–Crippen LogP) is 2.59. The van der Waals surface area contributed by atoms with Gasteiger partial charge in [0.1, 0.15) is 6.10 Å². The predicted molar refractivity (Wildman–Crippen MR) is 74.1 cm³/mol. The molecule has 92 valence electrons. The molecule has 0 saturated heterocycles. The molecule has 1 aliphatic rings. The van der Waals surface area contributed by atoms with Gasteiger partial charge in [-0.3, -0.25) is 4.79 Å². The van der Waals surface area contributed by atoms with Crippen molar-refractivity contribution < 1.29 is 5.11 Å². The van der Waals surface area contributed by atoms with Gasteiger partial charge < -0.3 is 10.1 Å². The zero-order valence-corrected chi connectivity index (χ0v) is 10.1. The second-order valence-electron chi connectivity index (χ2n) is 4.78. The molecule has 1 aliphatic carbocycles. The van der Waals surface area contributed by atoms with Crippen LogP contribution in [0.4, 0.5) is 0 Å². The second kappa shape index (κ2) is 3.56. The van der Waals surface area contributed by atoms with Gasteiger partial charge in [0, 0.05) is 16.5 Å². The fourth-order valence-corrected chi connectivity index (χ4v) is 2.91. The van der Waals surface area contributed by atoms with Crippen molar-refractivity contribution >= 4 is 10.8 Å². The third-order valence-corrected chi connectivity index (χ3v) is 3.77. The summed E-state index contributed by atoms with van der Waals surface area (Å²) in [7, 11) is 0. The summed E-state index contributed by atoms with van der Waals surface area (Å²) in [5.74, 6) is 0. The summed E-state index contributed by atoms with van der Waals surface area (Å²) in [4.78, 5) is 15.0. The Balaban J connectivity index is 2.22. The summed E-state index contributed by atoms with van der Waals surface area (Å²) in [5, 5.41) is 11.9. The zero-order valence-electron chi connectivity index (χ0n) is 10.1. The molecule has 4 rings (SSSR count). The summed E-state index contributed by atoms with van der Waals surface area (Å²) in [5.41, 5.74) is 3.19. The molecule has 0 saturated carbocycles. The molecule has 1 atom stereocenters. The smallest absolute Gasteiger partial charge is 0.256 e. The quantitative estimate of drug-likeness (QED) is 0.643. The van der Waals surface area contributed by atoms with Crippen molar-refractivity contribution in [2.45, 2.75) is 6.10 Å². The van der Waals surface area contributed by atoms with Gasteiger partial charge in [0.25, 0.3) is 5.56 Å². The van der Waals surface area contributed by atoms with Gasteiger partial charge >= 0.3 is 0 Å². The van der Waals surface area contributed by atoms with Crippen LogP contribution in [0.2, 0.25) is 0 Å². The third kappa shape index (κ3) is 1.28. The van der Waals surface area contributed by atoms with E-state index >= 15 is 0 Å². The number of aliphatic hydroxyl groups excluding tert-OH is 1. The number of hydrogen-bond acceptors (Lipinski definition) is 2. The van der Waals surface area contributed by atoms with Crippen molar-refractivity contribution in [1.82, 2.24) is 4.98 Å². The molecule has 0 unspecified atom stereocenters. The van der Waals surface area contributed by atoms with Crippen molar-refractivity contribution in [3.63, 3.8) is 0 Å². The first kappa shape index (κ1) is 10.5. The minimum atomic E-state index is -0.673. The van der Waals surface area contributed by atoms with Crippen LogP contribution in [0.1, 0.15) is 17.2 Å². The summed E-state index contributed by atoms with van der Waals surface area (Å²) >= 11 is 0. The van der Waals surface area contributed by atoms with Gasteiger partial charge in [-0.05, 0) is 17.0 Å². The van der Waals surface area contributed by atoms with E-state index in [9.17, 15) is 9.90 Å². The Morgan fingerprint density at radius 2 is 1.63 bits per heavy atom. The van der Waals surface area contributed by atoms with E-state index < -0.39 is 6.10 Å². The van der Waals surface area contributed by atoms with Gasteiger partial charge in [-0.1, -0.05) is 42.5 Å². The fraction of sp³-hybridized carbons (Fsp3) is 0.0625. The molecule has 19 heavy (non-hydrogen) atoms. The molecule has 0 bridgehead atoms. The molecule has 3 nitrogen and oxygen atoms in total. The average Bonchev–Trinajstić information content (AvgIpc) is 2.73. The lowest BCUT2D eigenvalue weighted by atomic mass is 10.0. The second-order valence-corrected chi connectivity index (χ2v) is 4.78. The van der Waals surface area contributed by atoms with Crippen LogP contribution in [0, 0.1) is 0 Å². The fourth-order valence-electron chi connectivity index (χ4n) is 2.91. The largest absolute Gasteiger partial charge is 0.384 e. The van der Waals surface area contributed by atoms with Gasteiger partial charge in [0.15, 0.2) is 0 Å². The Kier molecular flexibility index (Phi) is 1.97. The van der Waals surface area contributed by atoms with E-state index in [4.69, 9.17) is 0 Å². The Morgan fingerprint density at radius 1 is 0.947 bits per heavy atom. The lowest BCUT2D eigenvalue weighted by molar-refractivity contribution is 0.226. The van der Waals surface area contributed by atoms with E-state index in [1.165, 1.54) is 0 Å². The molecule has 0 radical (unpaired) electrons. The summed E-state index contributed by atoms with van der Waals surface area (Å²) in [6.45, 7) is 0. The van der Waals surface area contributed by atoms with Crippen molar-refractivity contribution in [1.29, 1.82) is 0 Å². The Bertz CT molecular complexity index is 864.